The Hall–Kier alpha value is -4.07. The van der Waals surface area contributed by atoms with E-state index in [9.17, 15) is 14.0 Å². The second-order valence-corrected chi connectivity index (χ2v) is 7.80. The number of benzene rings is 3. The highest BCUT2D eigenvalue weighted by Crippen LogP contribution is 2.27. The zero-order chi connectivity index (χ0) is 25.2. The van der Waals surface area contributed by atoms with Gasteiger partial charge in [0.25, 0.3) is 5.91 Å². The van der Waals surface area contributed by atoms with Crippen LogP contribution >= 0.6 is 0 Å². The number of amides is 2. The average Bonchev–Trinajstić information content (AvgIpc) is 2.90. The standard InChI is InChI=1S/C27H29FN2O5/c1-29-27(32)25(13-19-7-5-4-6-8-19)30(17-20-9-11-21(28)12-10-20)26(31)18-35-24-15-22(33-2)14-23(16-24)34-3/h4-12,14-16,25H,13,17-18H2,1-3H3,(H,29,32)/t25-/m0/s1. The summed E-state index contributed by atoms with van der Waals surface area (Å²) in [6.45, 7) is -0.214. The molecule has 0 bridgehead atoms. The summed E-state index contributed by atoms with van der Waals surface area (Å²) < 4.78 is 29.7. The van der Waals surface area contributed by atoms with Crippen molar-refractivity contribution in [1.82, 2.24) is 10.2 Å². The van der Waals surface area contributed by atoms with Crippen LogP contribution in [0.3, 0.4) is 0 Å². The summed E-state index contributed by atoms with van der Waals surface area (Å²) in [5.74, 6) is 0.322. The van der Waals surface area contributed by atoms with Crippen molar-refractivity contribution in [3.8, 4) is 17.2 Å². The van der Waals surface area contributed by atoms with Gasteiger partial charge in [0, 0.05) is 38.2 Å². The number of carbonyl (C=O) groups excluding carboxylic acids is 2. The van der Waals surface area contributed by atoms with Gasteiger partial charge in [0.05, 0.1) is 14.2 Å². The van der Waals surface area contributed by atoms with Gasteiger partial charge in [0.2, 0.25) is 5.91 Å². The summed E-state index contributed by atoms with van der Waals surface area (Å²) in [4.78, 5) is 27.8. The van der Waals surface area contributed by atoms with Gasteiger partial charge < -0.3 is 24.4 Å². The predicted molar refractivity (Wildman–Crippen MR) is 130 cm³/mol. The maximum Gasteiger partial charge on any atom is 0.261 e. The molecular weight excluding hydrogens is 451 g/mol. The molecular formula is C27H29FN2O5. The third kappa shape index (κ3) is 7.20. The summed E-state index contributed by atoms with van der Waals surface area (Å²) in [5, 5.41) is 2.65. The van der Waals surface area contributed by atoms with E-state index in [2.05, 4.69) is 5.32 Å². The minimum atomic E-state index is -0.802. The second kappa shape index (κ2) is 12.4. The first-order valence-electron chi connectivity index (χ1n) is 11.1. The number of hydrogen-bond acceptors (Lipinski definition) is 5. The molecule has 8 heteroatoms. The number of methoxy groups -OCH3 is 2. The van der Waals surface area contributed by atoms with Crippen molar-refractivity contribution in [3.63, 3.8) is 0 Å². The van der Waals surface area contributed by atoms with Gasteiger partial charge in [-0.05, 0) is 23.3 Å². The maximum absolute atomic E-state index is 13.5. The molecule has 3 rings (SSSR count). The number of rotatable bonds is 11. The van der Waals surface area contributed by atoms with Gasteiger partial charge in [0.15, 0.2) is 6.61 Å². The van der Waals surface area contributed by atoms with Gasteiger partial charge in [-0.3, -0.25) is 9.59 Å². The van der Waals surface area contributed by atoms with Gasteiger partial charge in [0.1, 0.15) is 29.1 Å². The van der Waals surface area contributed by atoms with E-state index >= 15 is 0 Å². The van der Waals surface area contributed by atoms with Crippen LogP contribution in [0.5, 0.6) is 17.2 Å². The Labute approximate surface area is 204 Å². The zero-order valence-corrected chi connectivity index (χ0v) is 20.0. The molecule has 0 fully saturated rings. The molecule has 1 atom stereocenters. The number of hydrogen-bond donors (Lipinski definition) is 1. The number of nitrogens with one attached hydrogen (secondary N) is 1. The fraction of sp³-hybridized carbons (Fsp3) is 0.259. The summed E-state index contributed by atoms with van der Waals surface area (Å²) in [6.07, 6.45) is 0.306. The molecule has 0 aliphatic heterocycles. The van der Waals surface area contributed by atoms with Crippen LogP contribution in [0, 0.1) is 5.82 Å². The van der Waals surface area contributed by atoms with Crippen LogP contribution in [-0.4, -0.2) is 50.6 Å². The SMILES string of the molecule is CNC(=O)[C@H](Cc1ccccc1)N(Cc1ccc(F)cc1)C(=O)COc1cc(OC)cc(OC)c1. The van der Waals surface area contributed by atoms with Crippen molar-refractivity contribution in [2.45, 2.75) is 19.0 Å². The first-order valence-corrected chi connectivity index (χ1v) is 11.1. The number of carbonyl (C=O) groups is 2. The van der Waals surface area contributed by atoms with E-state index in [1.165, 1.54) is 38.3 Å². The molecule has 3 aromatic rings. The first-order chi connectivity index (χ1) is 16.9. The fourth-order valence-corrected chi connectivity index (χ4v) is 3.60. The van der Waals surface area contributed by atoms with E-state index in [1.807, 2.05) is 30.3 Å². The highest BCUT2D eigenvalue weighted by atomic mass is 19.1. The van der Waals surface area contributed by atoms with E-state index in [0.717, 1.165) is 5.56 Å². The Morgan fingerprint density at radius 1 is 0.886 bits per heavy atom. The van der Waals surface area contributed by atoms with E-state index < -0.39 is 11.9 Å². The van der Waals surface area contributed by atoms with Crippen LogP contribution in [0.4, 0.5) is 4.39 Å². The van der Waals surface area contributed by atoms with Crippen LogP contribution < -0.4 is 19.5 Å². The van der Waals surface area contributed by atoms with Crippen molar-refractivity contribution in [3.05, 3.63) is 89.7 Å². The second-order valence-electron chi connectivity index (χ2n) is 7.80. The molecule has 3 aromatic carbocycles. The van der Waals surface area contributed by atoms with Crippen LogP contribution in [0.25, 0.3) is 0 Å². The fourth-order valence-electron chi connectivity index (χ4n) is 3.60. The van der Waals surface area contributed by atoms with Crippen LogP contribution in [0.1, 0.15) is 11.1 Å². The lowest BCUT2D eigenvalue weighted by molar-refractivity contribution is -0.142. The van der Waals surface area contributed by atoms with Crippen LogP contribution in [-0.2, 0) is 22.6 Å². The van der Waals surface area contributed by atoms with Crippen LogP contribution in [0.15, 0.2) is 72.8 Å². The normalized spacial score (nSPS) is 11.3. The van der Waals surface area contributed by atoms with Crippen molar-refractivity contribution in [1.29, 1.82) is 0 Å². The maximum atomic E-state index is 13.5. The Morgan fingerprint density at radius 2 is 1.49 bits per heavy atom. The molecule has 184 valence electrons. The van der Waals surface area contributed by atoms with Crippen molar-refractivity contribution in [2.24, 2.45) is 0 Å². The molecule has 0 unspecified atom stereocenters. The summed E-state index contributed by atoms with van der Waals surface area (Å²) in [5.41, 5.74) is 1.58. The molecule has 0 spiro atoms. The number of likely N-dealkylation sites (N-methyl/N-ethyl adjacent to an activating group) is 1. The van der Waals surface area contributed by atoms with Crippen LogP contribution in [0.2, 0.25) is 0 Å². The highest BCUT2D eigenvalue weighted by molar-refractivity contribution is 5.88. The van der Waals surface area contributed by atoms with E-state index in [0.29, 0.717) is 29.2 Å². The third-order valence-electron chi connectivity index (χ3n) is 5.47. The molecule has 0 heterocycles. The first kappa shape index (κ1) is 25.6. The molecule has 0 saturated heterocycles. The van der Waals surface area contributed by atoms with E-state index in [1.54, 1.807) is 30.3 Å². The third-order valence-corrected chi connectivity index (χ3v) is 5.47. The monoisotopic (exact) mass is 480 g/mol. The Balaban J connectivity index is 1.87. The topological polar surface area (TPSA) is 77.1 Å². The number of halogens is 1. The molecule has 0 radical (unpaired) electrons. The number of nitrogens with zero attached hydrogens (tertiary/aromatic N) is 1. The van der Waals surface area contributed by atoms with Gasteiger partial charge in [-0.15, -0.1) is 0 Å². The molecule has 35 heavy (non-hydrogen) atoms. The highest BCUT2D eigenvalue weighted by Gasteiger charge is 2.30. The smallest absolute Gasteiger partial charge is 0.261 e. The lowest BCUT2D eigenvalue weighted by Gasteiger charge is -2.31. The molecule has 0 aliphatic rings. The number of ether oxygens (including phenoxy) is 3. The van der Waals surface area contributed by atoms with E-state index in [4.69, 9.17) is 14.2 Å². The lowest BCUT2D eigenvalue weighted by atomic mass is 10.0. The predicted octanol–water partition coefficient (Wildman–Crippen LogP) is 3.61. The van der Waals surface area contributed by atoms with Gasteiger partial charge in [-0.1, -0.05) is 42.5 Å². The molecule has 0 aliphatic carbocycles. The van der Waals surface area contributed by atoms with Crippen molar-refractivity contribution < 1.29 is 28.2 Å². The summed E-state index contributed by atoms with van der Waals surface area (Å²) >= 11 is 0. The minimum Gasteiger partial charge on any atom is -0.496 e. The molecule has 0 aromatic heterocycles. The van der Waals surface area contributed by atoms with Gasteiger partial charge >= 0.3 is 0 Å². The summed E-state index contributed by atoms with van der Waals surface area (Å²) in [6, 6.07) is 19.4. The van der Waals surface area contributed by atoms with Gasteiger partial charge in [-0.25, -0.2) is 4.39 Å². The Kier molecular flexibility index (Phi) is 9.06. The summed E-state index contributed by atoms with van der Waals surface area (Å²) in [7, 11) is 4.57. The Morgan fingerprint density at radius 3 is 2.06 bits per heavy atom. The van der Waals surface area contributed by atoms with Gasteiger partial charge in [-0.2, -0.15) is 0 Å². The Bertz CT molecular complexity index is 1100. The largest absolute Gasteiger partial charge is 0.496 e. The van der Waals surface area contributed by atoms with E-state index in [-0.39, 0.29) is 24.9 Å². The van der Waals surface area contributed by atoms with Crippen molar-refractivity contribution in [2.75, 3.05) is 27.9 Å². The quantitative estimate of drug-likeness (QED) is 0.454. The molecule has 1 N–H and O–H groups in total. The molecule has 7 nitrogen and oxygen atoms in total. The lowest BCUT2D eigenvalue weighted by Crippen LogP contribution is -2.51. The molecule has 2 amide bonds. The zero-order valence-electron chi connectivity index (χ0n) is 20.0. The van der Waals surface area contributed by atoms with Crippen molar-refractivity contribution >= 4 is 11.8 Å². The molecule has 0 saturated carbocycles. The minimum absolute atomic E-state index is 0.106. The average molecular weight is 481 g/mol.